The quantitative estimate of drug-likeness (QED) is 0.932. The molecule has 2 aromatic rings. The Morgan fingerprint density at radius 2 is 1.74 bits per heavy atom. The fourth-order valence-electron chi connectivity index (χ4n) is 1.25. The average molecular weight is 339 g/mol. The van der Waals surface area contributed by atoms with E-state index in [9.17, 15) is 8.42 Å². The SMILES string of the molecule is O=S(=O)(Nc1ccc(Cl)nn1)c1cc(Cl)ccc1Cl. The summed E-state index contributed by atoms with van der Waals surface area (Å²) in [4.78, 5) is -0.140. The van der Waals surface area contributed by atoms with Gasteiger partial charge >= 0.3 is 0 Å². The summed E-state index contributed by atoms with van der Waals surface area (Å²) in [5, 5.41) is 7.59. The van der Waals surface area contributed by atoms with Gasteiger partial charge in [0.25, 0.3) is 10.0 Å². The molecule has 0 saturated heterocycles. The highest BCUT2D eigenvalue weighted by atomic mass is 35.5. The van der Waals surface area contributed by atoms with Crippen molar-refractivity contribution in [2.75, 3.05) is 4.72 Å². The molecule has 5 nitrogen and oxygen atoms in total. The van der Waals surface area contributed by atoms with Crippen LogP contribution in [0.3, 0.4) is 0 Å². The van der Waals surface area contributed by atoms with Crippen LogP contribution in [0.25, 0.3) is 0 Å². The minimum absolute atomic E-state index is 0.0282. The Hall–Kier alpha value is -1.08. The number of rotatable bonds is 3. The molecule has 0 unspecified atom stereocenters. The first-order chi connectivity index (χ1) is 8.88. The molecule has 0 spiro atoms. The monoisotopic (exact) mass is 337 g/mol. The van der Waals surface area contributed by atoms with Crippen molar-refractivity contribution >= 4 is 50.6 Å². The van der Waals surface area contributed by atoms with Crippen molar-refractivity contribution in [1.82, 2.24) is 10.2 Å². The standard InChI is InChI=1S/C10H6Cl3N3O2S/c11-6-1-2-7(12)8(5-6)19(17,18)16-10-4-3-9(13)14-15-10/h1-5H,(H,15,16). The molecule has 1 heterocycles. The Labute approximate surface area is 124 Å². The van der Waals surface area contributed by atoms with Crippen molar-refractivity contribution in [1.29, 1.82) is 0 Å². The van der Waals surface area contributed by atoms with E-state index in [1.54, 1.807) is 0 Å². The van der Waals surface area contributed by atoms with E-state index in [2.05, 4.69) is 14.9 Å². The maximum Gasteiger partial charge on any atom is 0.264 e. The van der Waals surface area contributed by atoms with Gasteiger partial charge < -0.3 is 0 Å². The molecule has 19 heavy (non-hydrogen) atoms. The summed E-state index contributed by atoms with van der Waals surface area (Å²) in [6, 6.07) is 6.92. The normalized spacial score (nSPS) is 11.3. The van der Waals surface area contributed by atoms with Crippen LogP contribution >= 0.6 is 34.8 Å². The lowest BCUT2D eigenvalue weighted by Gasteiger charge is -2.08. The second-order valence-electron chi connectivity index (χ2n) is 3.42. The summed E-state index contributed by atoms with van der Waals surface area (Å²) in [7, 11) is -3.89. The second-order valence-corrected chi connectivity index (χ2v) is 6.30. The zero-order chi connectivity index (χ0) is 14.0. The molecule has 0 aliphatic rings. The van der Waals surface area contributed by atoms with E-state index in [-0.39, 0.29) is 25.9 Å². The molecule has 2 rings (SSSR count). The summed E-state index contributed by atoms with van der Waals surface area (Å²) >= 11 is 17.1. The smallest absolute Gasteiger partial charge is 0.262 e. The fourth-order valence-corrected chi connectivity index (χ4v) is 3.11. The van der Waals surface area contributed by atoms with Gasteiger partial charge in [0.1, 0.15) is 4.90 Å². The number of halogens is 3. The third-order valence-electron chi connectivity index (χ3n) is 2.05. The van der Waals surface area contributed by atoms with Crippen LogP contribution < -0.4 is 4.72 Å². The zero-order valence-corrected chi connectivity index (χ0v) is 12.2. The van der Waals surface area contributed by atoms with Crippen molar-refractivity contribution in [2.45, 2.75) is 4.90 Å². The summed E-state index contributed by atoms with van der Waals surface area (Å²) in [5.41, 5.74) is 0. The first-order valence-corrected chi connectivity index (χ1v) is 7.47. The van der Waals surface area contributed by atoms with Crippen LogP contribution in [0.15, 0.2) is 35.2 Å². The van der Waals surface area contributed by atoms with E-state index in [0.717, 1.165) is 0 Å². The van der Waals surface area contributed by atoms with Gasteiger partial charge in [-0.25, -0.2) is 8.42 Å². The molecule has 1 aromatic heterocycles. The molecule has 0 amide bonds. The third kappa shape index (κ3) is 3.48. The van der Waals surface area contributed by atoms with Crippen LogP contribution in [0.1, 0.15) is 0 Å². The van der Waals surface area contributed by atoms with Crippen LogP contribution in [0.4, 0.5) is 5.82 Å². The van der Waals surface area contributed by atoms with Crippen LogP contribution in [0, 0.1) is 0 Å². The lowest BCUT2D eigenvalue weighted by molar-refractivity contribution is 0.601. The molecule has 0 aliphatic carbocycles. The number of benzene rings is 1. The van der Waals surface area contributed by atoms with Gasteiger partial charge in [-0.3, -0.25) is 4.72 Å². The molecule has 0 radical (unpaired) electrons. The van der Waals surface area contributed by atoms with E-state index >= 15 is 0 Å². The summed E-state index contributed by atoms with van der Waals surface area (Å²) in [6.07, 6.45) is 0. The Balaban J connectivity index is 2.37. The molecule has 0 saturated carbocycles. The van der Waals surface area contributed by atoms with Gasteiger partial charge in [0.2, 0.25) is 0 Å². The summed E-state index contributed by atoms with van der Waals surface area (Å²) < 4.78 is 26.4. The van der Waals surface area contributed by atoms with Gasteiger partial charge in [-0.15, -0.1) is 10.2 Å². The molecule has 0 atom stereocenters. The maximum absolute atomic E-state index is 12.1. The van der Waals surface area contributed by atoms with Crippen molar-refractivity contribution in [3.05, 3.63) is 45.5 Å². The van der Waals surface area contributed by atoms with Crippen molar-refractivity contribution in [3.8, 4) is 0 Å². The number of nitrogens with zero attached hydrogens (tertiary/aromatic N) is 2. The van der Waals surface area contributed by atoms with Gasteiger partial charge in [-0.05, 0) is 30.3 Å². The van der Waals surface area contributed by atoms with Gasteiger partial charge in [0, 0.05) is 5.02 Å². The van der Waals surface area contributed by atoms with Crippen molar-refractivity contribution in [3.63, 3.8) is 0 Å². The van der Waals surface area contributed by atoms with Gasteiger partial charge in [0.15, 0.2) is 11.0 Å². The molecular formula is C10H6Cl3N3O2S. The molecule has 0 bridgehead atoms. The number of nitrogens with one attached hydrogen (secondary N) is 1. The third-order valence-corrected chi connectivity index (χ3v) is 4.33. The minimum Gasteiger partial charge on any atom is -0.262 e. The van der Waals surface area contributed by atoms with Crippen LogP contribution in [0.5, 0.6) is 0 Å². The van der Waals surface area contributed by atoms with E-state index in [4.69, 9.17) is 34.8 Å². The highest BCUT2D eigenvalue weighted by Crippen LogP contribution is 2.26. The van der Waals surface area contributed by atoms with Crippen molar-refractivity contribution in [2.24, 2.45) is 0 Å². The first-order valence-electron chi connectivity index (χ1n) is 4.85. The van der Waals surface area contributed by atoms with E-state index in [1.165, 1.54) is 30.3 Å². The second kappa shape index (κ2) is 5.50. The number of hydrogen-bond donors (Lipinski definition) is 1. The van der Waals surface area contributed by atoms with Crippen LogP contribution in [-0.4, -0.2) is 18.6 Å². The zero-order valence-electron chi connectivity index (χ0n) is 9.14. The molecular weight excluding hydrogens is 333 g/mol. The number of aromatic nitrogens is 2. The lowest BCUT2D eigenvalue weighted by Crippen LogP contribution is -2.14. The predicted molar refractivity (Wildman–Crippen MR) is 74.3 cm³/mol. The van der Waals surface area contributed by atoms with Gasteiger partial charge in [0.05, 0.1) is 5.02 Å². The predicted octanol–water partition coefficient (Wildman–Crippen LogP) is 3.24. The Kier molecular flexibility index (Phi) is 4.15. The molecule has 100 valence electrons. The number of sulfonamides is 1. The highest BCUT2D eigenvalue weighted by Gasteiger charge is 2.19. The lowest BCUT2D eigenvalue weighted by atomic mass is 10.4. The van der Waals surface area contributed by atoms with E-state index in [0.29, 0.717) is 0 Å². The van der Waals surface area contributed by atoms with Crippen LogP contribution in [0.2, 0.25) is 15.2 Å². The Morgan fingerprint density at radius 3 is 2.37 bits per heavy atom. The first kappa shape index (κ1) is 14.3. The number of hydrogen-bond acceptors (Lipinski definition) is 4. The molecule has 9 heteroatoms. The molecule has 1 N–H and O–H groups in total. The fraction of sp³-hybridized carbons (Fsp3) is 0. The number of anilines is 1. The topological polar surface area (TPSA) is 72.0 Å². The minimum atomic E-state index is -3.89. The van der Waals surface area contributed by atoms with Gasteiger partial charge in [-0.1, -0.05) is 34.8 Å². The Bertz CT molecular complexity index is 704. The summed E-state index contributed by atoms with van der Waals surface area (Å²) in [6.45, 7) is 0. The molecule has 0 fully saturated rings. The molecule has 0 aliphatic heterocycles. The molecule has 1 aromatic carbocycles. The van der Waals surface area contributed by atoms with Gasteiger partial charge in [-0.2, -0.15) is 0 Å². The summed E-state index contributed by atoms with van der Waals surface area (Å²) in [5.74, 6) is 0.0282. The van der Waals surface area contributed by atoms with Crippen LogP contribution in [-0.2, 0) is 10.0 Å². The van der Waals surface area contributed by atoms with E-state index in [1.807, 2.05) is 0 Å². The maximum atomic E-state index is 12.1. The van der Waals surface area contributed by atoms with E-state index < -0.39 is 10.0 Å². The van der Waals surface area contributed by atoms with Crippen molar-refractivity contribution < 1.29 is 8.42 Å². The highest BCUT2D eigenvalue weighted by molar-refractivity contribution is 7.92. The largest absolute Gasteiger partial charge is 0.264 e. The average Bonchev–Trinajstić information content (AvgIpc) is 2.35. The Morgan fingerprint density at radius 1 is 1.00 bits per heavy atom.